The Hall–Kier alpha value is -1.40. The third-order valence-electron chi connectivity index (χ3n) is 3.64. The van der Waals surface area contributed by atoms with Crippen LogP contribution in [0.4, 0.5) is 0 Å². The minimum atomic E-state index is -1.91. The molecule has 0 bridgehead atoms. The first kappa shape index (κ1) is 16.7. The Labute approximate surface area is 118 Å². The molecule has 0 aromatic carbocycles. The molecule has 1 heterocycles. The van der Waals surface area contributed by atoms with Crippen LogP contribution in [0.15, 0.2) is 12.2 Å². The summed E-state index contributed by atoms with van der Waals surface area (Å²) in [6, 6.07) is 0. The second kappa shape index (κ2) is 5.54. The average molecular weight is 286 g/mol. The molecular weight excluding hydrogens is 264 g/mol. The van der Waals surface area contributed by atoms with Gasteiger partial charge < -0.3 is 19.7 Å². The Kier molecular flexibility index (Phi) is 4.61. The van der Waals surface area contributed by atoms with Gasteiger partial charge in [-0.2, -0.15) is 0 Å². The van der Waals surface area contributed by atoms with E-state index in [0.717, 1.165) is 0 Å². The van der Waals surface area contributed by atoms with Crippen LogP contribution < -0.4 is 0 Å². The van der Waals surface area contributed by atoms with Crippen molar-refractivity contribution in [3.63, 3.8) is 0 Å². The maximum absolute atomic E-state index is 11.7. The number of aliphatic carboxylic acids is 2. The molecule has 0 saturated carbocycles. The van der Waals surface area contributed by atoms with Crippen LogP contribution in [0.25, 0.3) is 0 Å². The Balaban J connectivity index is 3.44. The molecule has 114 valence electrons. The third kappa shape index (κ3) is 2.33. The summed E-state index contributed by atoms with van der Waals surface area (Å²) >= 11 is 0. The second-order valence-corrected chi connectivity index (χ2v) is 5.57. The predicted molar refractivity (Wildman–Crippen MR) is 71.2 cm³/mol. The van der Waals surface area contributed by atoms with E-state index < -0.39 is 35.3 Å². The fourth-order valence-corrected chi connectivity index (χ4v) is 2.42. The summed E-state index contributed by atoms with van der Waals surface area (Å²) in [7, 11) is 0. The topological polar surface area (TPSA) is 93.1 Å². The predicted octanol–water partition coefficient (Wildman–Crippen LogP) is 1.89. The minimum Gasteiger partial charge on any atom is -0.479 e. The standard InChI is InChI=1S/C14H22O6/c1-6-7-13(8(2)3)19-10(11(15)16)14(20-13,9(4)5)12(17)18/h6-10H,1-5H3,(H,15,16)(H,17,18)/t10-,13?,14+/m1/s1. The van der Waals surface area contributed by atoms with Gasteiger partial charge in [-0.25, -0.2) is 9.59 Å². The number of hydrogen-bond acceptors (Lipinski definition) is 4. The van der Waals surface area contributed by atoms with Crippen LogP contribution in [-0.4, -0.2) is 39.6 Å². The first-order chi connectivity index (χ1) is 9.14. The largest absolute Gasteiger partial charge is 0.479 e. The molecule has 0 aromatic heterocycles. The maximum atomic E-state index is 11.7. The van der Waals surface area contributed by atoms with E-state index in [1.165, 1.54) is 0 Å². The molecule has 0 aliphatic carbocycles. The second-order valence-electron chi connectivity index (χ2n) is 5.57. The van der Waals surface area contributed by atoms with E-state index in [1.807, 2.05) is 0 Å². The summed E-state index contributed by atoms with van der Waals surface area (Å²) in [4.78, 5) is 23.2. The Morgan fingerprint density at radius 2 is 1.70 bits per heavy atom. The first-order valence-corrected chi connectivity index (χ1v) is 6.62. The van der Waals surface area contributed by atoms with Gasteiger partial charge in [-0.15, -0.1) is 0 Å². The Morgan fingerprint density at radius 1 is 1.15 bits per heavy atom. The van der Waals surface area contributed by atoms with Gasteiger partial charge in [0, 0.05) is 5.92 Å². The third-order valence-corrected chi connectivity index (χ3v) is 3.64. The van der Waals surface area contributed by atoms with Crippen molar-refractivity contribution in [1.82, 2.24) is 0 Å². The number of rotatable bonds is 5. The van der Waals surface area contributed by atoms with E-state index >= 15 is 0 Å². The van der Waals surface area contributed by atoms with Crippen LogP contribution in [0.2, 0.25) is 0 Å². The van der Waals surface area contributed by atoms with Gasteiger partial charge in [0.15, 0.2) is 11.9 Å². The zero-order chi connectivity index (χ0) is 15.7. The summed E-state index contributed by atoms with van der Waals surface area (Å²) in [5, 5.41) is 18.9. The fraction of sp³-hybridized carbons (Fsp3) is 0.714. The van der Waals surface area contributed by atoms with E-state index in [2.05, 4.69) is 0 Å². The first-order valence-electron chi connectivity index (χ1n) is 6.62. The number of carbonyl (C=O) groups is 2. The normalized spacial score (nSPS) is 34.2. The summed E-state index contributed by atoms with van der Waals surface area (Å²) in [5.41, 5.74) is -1.91. The van der Waals surface area contributed by atoms with E-state index in [9.17, 15) is 19.8 Å². The number of carboxylic acids is 2. The van der Waals surface area contributed by atoms with Crippen LogP contribution in [0.1, 0.15) is 34.6 Å². The van der Waals surface area contributed by atoms with Crippen LogP contribution >= 0.6 is 0 Å². The molecule has 3 atom stereocenters. The molecule has 1 saturated heterocycles. The molecule has 6 nitrogen and oxygen atoms in total. The molecule has 0 amide bonds. The highest BCUT2D eigenvalue weighted by Gasteiger charge is 2.66. The Bertz CT molecular complexity index is 427. The molecule has 1 aliphatic rings. The van der Waals surface area contributed by atoms with Gasteiger partial charge in [0.1, 0.15) is 0 Å². The van der Waals surface area contributed by atoms with Crippen molar-refractivity contribution in [3.05, 3.63) is 12.2 Å². The van der Waals surface area contributed by atoms with Crippen LogP contribution in [0, 0.1) is 11.8 Å². The van der Waals surface area contributed by atoms with Gasteiger partial charge in [-0.05, 0) is 18.9 Å². The van der Waals surface area contributed by atoms with Crippen molar-refractivity contribution >= 4 is 11.9 Å². The molecule has 0 radical (unpaired) electrons. The Morgan fingerprint density at radius 3 is 1.95 bits per heavy atom. The SMILES string of the molecule is CC=CC1(C(C)C)O[C@H](C(=O)O)[C@](C(=O)O)(C(C)C)O1. The highest BCUT2D eigenvalue weighted by Crippen LogP contribution is 2.46. The maximum Gasteiger partial charge on any atom is 0.339 e. The van der Waals surface area contributed by atoms with Gasteiger partial charge in [0.25, 0.3) is 0 Å². The van der Waals surface area contributed by atoms with Gasteiger partial charge >= 0.3 is 11.9 Å². The number of carboxylic acid groups (broad SMARTS) is 2. The molecule has 0 spiro atoms. The summed E-state index contributed by atoms with van der Waals surface area (Å²) in [6.07, 6.45) is 1.68. The van der Waals surface area contributed by atoms with Crippen molar-refractivity contribution in [2.24, 2.45) is 11.8 Å². The molecular formula is C14H22O6. The number of ether oxygens (including phenoxy) is 2. The highest BCUT2D eigenvalue weighted by molar-refractivity contribution is 5.88. The molecule has 0 aromatic rings. The summed E-state index contributed by atoms with van der Waals surface area (Å²) < 4.78 is 11.3. The average Bonchev–Trinajstić information content (AvgIpc) is 2.67. The lowest BCUT2D eigenvalue weighted by Gasteiger charge is -2.33. The smallest absolute Gasteiger partial charge is 0.339 e. The molecule has 2 N–H and O–H groups in total. The van der Waals surface area contributed by atoms with Crippen molar-refractivity contribution in [3.8, 4) is 0 Å². The molecule has 1 unspecified atom stereocenters. The summed E-state index contributed by atoms with van der Waals surface area (Å²) in [5.74, 6) is -4.81. The molecule has 1 fully saturated rings. The lowest BCUT2D eigenvalue weighted by Crippen LogP contribution is -2.55. The lowest BCUT2D eigenvalue weighted by molar-refractivity contribution is -0.202. The molecule has 20 heavy (non-hydrogen) atoms. The quantitative estimate of drug-likeness (QED) is 0.750. The highest BCUT2D eigenvalue weighted by atomic mass is 16.8. The molecule has 1 aliphatic heterocycles. The van der Waals surface area contributed by atoms with Crippen molar-refractivity contribution in [2.45, 2.75) is 52.1 Å². The van der Waals surface area contributed by atoms with Gasteiger partial charge in [-0.1, -0.05) is 33.8 Å². The molecule has 6 heteroatoms. The zero-order valence-electron chi connectivity index (χ0n) is 12.4. The van der Waals surface area contributed by atoms with Crippen molar-refractivity contribution < 1.29 is 29.3 Å². The zero-order valence-corrected chi connectivity index (χ0v) is 12.4. The van der Waals surface area contributed by atoms with Crippen LogP contribution in [0.3, 0.4) is 0 Å². The number of hydrogen-bond donors (Lipinski definition) is 2. The van der Waals surface area contributed by atoms with E-state index in [1.54, 1.807) is 46.8 Å². The monoisotopic (exact) mass is 286 g/mol. The molecule has 1 rings (SSSR count). The van der Waals surface area contributed by atoms with Crippen molar-refractivity contribution in [1.29, 1.82) is 0 Å². The van der Waals surface area contributed by atoms with E-state index in [4.69, 9.17) is 9.47 Å². The van der Waals surface area contributed by atoms with Crippen molar-refractivity contribution in [2.75, 3.05) is 0 Å². The lowest BCUT2D eigenvalue weighted by atomic mass is 9.85. The minimum absolute atomic E-state index is 0.236. The van der Waals surface area contributed by atoms with E-state index in [0.29, 0.717) is 0 Å². The van der Waals surface area contributed by atoms with Gasteiger partial charge in [0.2, 0.25) is 5.60 Å². The summed E-state index contributed by atoms with van der Waals surface area (Å²) in [6.45, 7) is 8.54. The van der Waals surface area contributed by atoms with E-state index in [-0.39, 0.29) is 5.92 Å². The van der Waals surface area contributed by atoms with Gasteiger partial charge in [0.05, 0.1) is 0 Å². The number of allylic oxidation sites excluding steroid dienone is 1. The van der Waals surface area contributed by atoms with Crippen LogP contribution in [0.5, 0.6) is 0 Å². The fourth-order valence-electron chi connectivity index (χ4n) is 2.42. The van der Waals surface area contributed by atoms with Gasteiger partial charge in [-0.3, -0.25) is 0 Å². The van der Waals surface area contributed by atoms with Crippen LogP contribution in [-0.2, 0) is 19.1 Å².